The lowest BCUT2D eigenvalue weighted by Gasteiger charge is -1.93. The monoisotopic (exact) mass is 144 g/mol. The van der Waals surface area contributed by atoms with Crippen molar-refractivity contribution >= 4 is 16.7 Å². The van der Waals surface area contributed by atoms with Crippen molar-refractivity contribution in [2.75, 3.05) is 11.9 Å². The molecule has 0 amide bonds. The number of anilines is 1. The quantitative estimate of drug-likeness (QED) is 0.680. The molecule has 1 aromatic rings. The molecule has 50 valence electrons. The molecule has 0 spiro atoms. The normalized spacial score (nSPS) is 9.44. The maximum atomic E-state index is 3.70. The molecule has 1 heterocycles. The van der Waals surface area contributed by atoms with E-state index in [1.54, 1.807) is 0 Å². The van der Waals surface area contributed by atoms with E-state index in [-0.39, 0.29) is 0 Å². The molecule has 0 unspecified atom stereocenters. The number of nitrogens with one attached hydrogen (secondary N) is 1. The highest BCUT2D eigenvalue weighted by Gasteiger charge is 1.91. The molecule has 0 fully saturated rings. The SMILES string of the molecule is CCCNc1nnns1. The lowest BCUT2D eigenvalue weighted by molar-refractivity contribution is 0.931. The van der Waals surface area contributed by atoms with Crippen LogP contribution >= 0.6 is 11.5 Å². The summed E-state index contributed by atoms with van der Waals surface area (Å²) in [4.78, 5) is 0. The molecule has 1 aromatic heterocycles. The Morgan fingerprint density at radius 3 is 3.11 bits per heavy atom. The van der Waals surface area contributed by atoms with Crippen molar-refractivity contribution in [1.82, 2.24) is 14.8 Å². The summed E-state index contributed by atoms with van der Waals surface area (Å²) < 4.78 is 3.59. The number of hydrogen-bond donors (Lipinski definition) is 1. The fourth-order valence-electron chi connectivity index (χ4n) is 0.434. The van der Waals surface area contributed by atoms with E-state index in [4.69, 9.17) is 0 Å². The van der Waals surface area contributed by atoms with Crippen LogP contribution in [0, 0.1) is 0 Å². The van der Waals surface area contributed by atoms with Gasteiger partial charge in [-0.05, 0) is 11.6 Å². The molecule has 4 nitrogen and oxygen atoms in total. The van der Waals surface area contributed by atoms with Crippen molar-refractivity contribution in [3.8, 4) is 0 Å². The van der Waals surface area contributed by atoms with Gasteiger partial charge in [-0.25, -0.2) is 0 Å². The average molecular weight is 144 g/mol. The van der Waals surface area contributed by atoms with Gasteiger partial charge in [0.25, 0.3) is 0 Å². The minimum Gasteiger partial charge on any atom is -0.359 e. The first-order chi connectivity index (χ1) is 4.43. The van der Waals surface area contributed by atoms with E-state index in [1.165, 1.54) is 11.5 Å². The largest absolute Gasteiger partial charge is 0.359 e. The molecule has 0 atom stereocenters. The predicted molar refractivity (Wildman–Crippen MR) is 36.5 cm³/mol. The minimum atomic E-state index is 0.803. The minimum absolute atomic E-state index is 0.803. The van der Waals surface area contributed by atoms with Gasteiger partial charge in [-0.15, -0.1) is 0 Å². The third-order valence-electron chi connectivity index (χ3n) is 0.826. The molecular weight excluding hydrogens is 136 g/mol. The van der Waals surface area contributed by atoms with Crippen molar-refractivity contribution in [3.05, 3.63) is 0 Å². The van der Waals surface area contributed by atoms with Crippen LogP contribution in [0.1, 0.15) is 13.3 Å². The zero-order chi connectivity index (χ0) is 6.53. The fourth-order valence-corrected chi connectivity index (χ4v) is 0.824. The molecule has 0 aliphatic heterocycles. The summed E-state index contributed by atoms with van der Waals surface area (Å²) in [6.07, 6.45) is 1.10. The molecule has 0 saturated carbocycles. The summed E-state index contributed by atoms with van der Waals surface area (Å²) in [5, 5.41) is 11.0. The van der Waals surface area contributed by atoms with Crippen LogP contribution in [0.25, 0.3) is 0 Å². The maximum absolute atomic E-state index is 3.70. The van der Waals surface area contributed by atoms with E-state index in [0.717, 1.165) is 18.1 Å². The van der Waals surface area contributed by atoms with Gasteiger partial charge in [0.2, 0.25) is 5.13 Å². The van der Waals surface area contributed by atoms with Gasteiger partial charge in [-0.1, -0.05) is 16.5 Å². The highest BCUT2D eigenvalue weighted by molar-refractivity contribution is 7.09. The molecule has 1 N–H and O–H groups in total. The average Bonchev–Trinajstić information content (AvgIpc) is 2.34. The van der Waals surface area contributed by atoms with Gasteiger partial charge in [0, 0.05) is 18.1 Å². The van der Waals surface area contributed by atoms with Crippen molar-refractivity contribution in [2.24, 2.45) is 0 Å². The standard InChI is InChI=1S/C4H8N4S/c1-2-3-5-4-6-7-8-9-4/h2-3H2,1H3,(H,5,6,8). The summed E-state index contributed by atoms with van der Waals surface area (Å²) in [5.74, 6) is 0. The third kappa shape index (κ3) is 1.93. The first-order valence-corrected chi connectivity index (χ1v) is 3.59. The zero-order valence-electron chi connectivity index (χ0n) is 5.16. The highest BCUT2D eigenvalue weighted by atomic mass is 32.1. The second kappa shape index (κ2) is 3.34. The molecule has 0 bridgehead atoms. The van der Waals surface area contributed by atoms with Gasteiger partial charge in [-0.3, -0.25) is 0 Å². The Kier molecular flexibility index (Phi) is 2.38. The van der Waals surface area contributed by atoms with Crippen molar-refractivity contribution in [1.29, 1.82) is 0 Å². The van der Waals surface area contributed by atoms with Crippen molar-refractivity contribution in [2.45, 2.75) is 13.3 Å². The van der Waals surface area contributed by atoms with Crippen molar-refractivity contribution in [3.63, 3.8) is 0 Å². The summed E-state index contributed by atoms with van der Waals surface area (Å²) in [6, 6.07) is 0. The fraction of sp³-hybridized carbons (Fsp3) is 0.750. The van der Waals surface area contributed by atoms with Crippen LogP contribution in [0.4, 0.5) is 5.13 Å². The zero-order valence-corrected chi connectivity index (χ0v) is 5.98. The second-order valence-electron chi connectivity index (χ2n) is 1.59. The molecule has 0 saturated heterocycles. The van der Waals surface area contributed by atoms with E-state index in [2.05, 4.69) is 27.0 Å². The van der Waals surface area contributed by atoms with Crippen LogP contribution in [0.3, 0.4) is 0 Å². The van der Waals surface area contributed by atoms with E-state index in [0.29, 0.717) is 0 Å². The Labute approximate surface area is 57.5 Å². The van der Waals surface area contributed by atoms with Gasteiger partial charge >= 0.3 is 0 Å². The molecule has 0 aliphatic carbocycles. The first-order valence-electron chi connectivity index (χ1n) is 2.82. The summed E-state index contributed by atoms with van der Waals surface area (Å²) in [5.41, 5.74) is 0. The maximum Gasteiger partial charge on any atom is 0.225 e. The second-order valence-corrected chi connectivity index (χ2v) is 2.33. The topological polar surface area (TPSA) is 50.7 Å². The Hall–Kier alpha value is -0.710. The Balaban J connectivity index is 2.30. The van der Waals surface area contributed by atoms with E-state index < -0.39 is 0 Å². The van der Waals surface area contributed by atoms with Crippen molar-refractivity contribution < 1.29 is 0 Å². The van der Waals surface area contributed by atoms with E-state index in [9.17, 15) is 0 Å². The summed E-state index contributed by atoms with van der Waals surface area (Å²) in [6.45, 7) is 3.04. The van der Waals surface area contributed by atoms with Gasteiger partial charge in [0.05, 0.1) is 0 Å². The van der Waals surface area contributed by atoms with Crippen LogP contribution in [-0.4, -0.2) is 21.3 Å². The molecule has 0 radical (unpaired) electrons. The molecule has 9 heavy (non-hydrogen) atoms. The number of rotatable bonds is 3. The van der Waals surface area contributed by atoms with Gasteiger partial charge in [-0.2, -0.15) is 0 Å². The predicted octanol–water partition coefficient (Wildman–Crippen LogP) is 0.755. The van der Waals surface area contributed by atoms with E-state index >= 15 is 0 Å². The smallest absolute Gasteiger partial charge is 0.225 e. The van der Waals surface area contributed by atoms with Crippen LogP contribution in [0.2, 0.25) is 0 Å². The summed E-state index contributed by atoms with van der Waals surface area (Å²) >= 11 is 1.28. The first kappa shape index (κ1) is 6.41. The molecule has 5 heteroatoms. The molecular formula is C4H8N4S. The van der Waals surface area contributed by atoms with E-state index in [1.807, 2.05) is 0 Å². The van der Waals surface area contributed by atoms with Crippen LogP contribution in [0.15, 0.2) is 0 Å². The van der Waals surface area contributed by atoms with Crippen LogP contribution < -0.4 is 5.32 Å². The Bertz CT molecular complexity index is 150. The van der Waals surface area contributed by atoms with Gasteiger partial charge in [0.1, 0.15) is 0 Å². The van der Waals surface area contributed by atoms with Gasteiger partial charge in [0.15, 0.2) is 0 Å². The summed E-state index contributed by atoms with van der Waals surface area (Å²) in [7, 11) is 0. The highest BCUT2D eigenvalue weighted by Crippen LogP contribution is 2.03. The lowest BCUT2D eigenvalue weighted by atomic mass is 10.5. The Morgan fingerprint density at radius 2 is 2.56 bits per heavy atom. The Morgan fingerprint density at radius 1 is 1.67 bits per heavy atom. The molecule has 1 rings (SSSR count). The molecule has 0 aromatic carbocycles. The van der Waals surface area contributed by atoms with Crippen LogP contribution in [-0.2, 0) is 0 Å². The number of nitrogens with zero attached hydrogens (tertiary/aromatic N) is 3. The number of aromatic nitrogens is 3. The number of hydrogen-bond acceptors (Lipinski definition) is 5. The van der Waals surface area contributed by atoms with Gasteiger partial charge < -0.3 is 5.32 Å². The van der Waals surface area contributed by atoms with Crippen LogP contribution in [0.5, 0.6) is 0 Å². The lowest BCUT2D eigenvalue weighted by Crippen LogP contribution is -1.98. The third-order valence-corrected chi connectivity index (χ3v) is 1.38. The molecule has 0 aliphatic rings.